The van der Waals surface area contributed by atoms with Gasteiger partial charge in [-0.2, -0.15) is 4.89 Å². The van der Waals surface area contributed by atoms with Gasteiger partial charge in [-0.15, -0.1) is 0 Å². The van der Waals surface area contributed by atoms with E-state index in [1.807, 2.05) is 13.0 Å². The normalized spacial score (nSPS) is 17.8. The van der Waals surface area contributed by atoms with Gasteiger partial charge in [0.1, 0.15) is 0 Å². The number of amides is 1. The maximum atomic E-state index is 12.1. The van der Waals surface area contributed by atoms with Crippen LogP contribution in [0.4, 0.5) is 0 Å². The minimum absolute atomic E-state index is 0.0451. The van der Waals surface area contributed by atoms with Gasteiger partial charge in [-0.3, -0.25) is 4.79 Å². The highest BCUT2D eigenvalue weighted by atomic mass is 17.2. The first-order valence-corrected chi connectivity index (χ1v) is 8.96. The molecule has 5 nitrogen and oxygen atoms in total. The van der Waals surface area contributed by atoms with Crippen molar-refractivity contribution in [3.63, 3.8) is 0 Å². The van der Waals surface area contributed by atoms with Crippen LogP contribution in [0.2, 0.25) is 0 Å². The molecule has 1 aromatic carbocycles. The number of carbonyl (C=O) groups is 1. The van der Waals surface area contributed by atoms with Crippen molar-refractivity contribution >= 4 is 5.91 Å². The highest BCUT2D eigenvalue weighted by Gasteiger charge is 2.21. The Labute approximate surface area is 144 Å². The average molecular weight is 334 g/mol. The second-order valence-electron chi connectivity index (χ2n) is 6.79. The summed E-state index contributed by atoms with van der Waals surface area (Å²) in [6.45, 7) is 7.16. The Morgan fingerprint density at radius 3 is 2.88 bits per heavy atom. The lowest BCUT2D eigenvalue weighted by Crippen LogP contribution is -2.43. The second-order valence-corrected chi connectivity index (χ2v) is 6.79. The monoisotopic (exact) mass is 334 g/mol. The molecule has 0 saturated carbocycles. The van der Waals surface area contributed by atoms with Gasteiger partial charge in [0, 0.05) is 18.5 Å². The number of nitrogens with one attached hydrogen (secondary N) is 1. The van der Waals surface area contributed by atoms with Crippen molar-refractivity contribution in [2.45, 2.75) is 52.5 Å². The maximum absolute atomic E-state index is 12.1. The Bertz CT molecular complexity index is 547. The summed E-state index contributed by atoms with van der Waals surface area (Å²) in [5.41, 5.74) is 8.05. The number of hydrogen-bond acceptors (Lipinski definition) is 4. The Morgan fingerprint density at radius 1 is 1.38 bits per heavy atom. The van der Waals surface area contributed by atoms with Gasteiger partial charge < -0.3 is 15.9 Å². The van der Waals surface area contributed by atoms with Crippen LogP contribution in [0.5, 0.6) is 5.75 Å². The highest BCUT2D eigenvalue weighted by molar-refractivity contribution is 5.78. The van der Waals surface area contributed by atoms with E-state index in [1.165, 1.54) is 11.1 Å². The van der Waals surface area contributed by atoms with E-state index in [0.717, 1.165) is 31.4 Å². The first kappa shape index (κ1) is 18.7. The standard InChI is InChI=1S/C19H30N2O3/c1-4-17(21-19(22)14(3)12-20)13(2)10-15-7-8-18-16(11-15)6-5-9-23-24-18/h7-8,11,13-14,17H,4-6,9-10,12,20H2,1-3H3,(H,21,22). The number of rotatable bonds is 7. The summed E-state index contributed by atoms with van der Waals surface area (Å²) in [6, 6.07) is 6.43. The Kier molecular flexibility index (Phi) is 7.06. The fourth-order valence-corrected chi connectivity index (χ4v) is 3.06. The summed E-state index contributed by atoms with van der Waals surface area (Å²) in [5.74, 6) is 1.07. The number of carbonyl (C=O) groups excluding carboxylic acids is 1. The molecule has 3 atom stereocenters. The average Bonchev–Trinajstić information content (AvgIpc) is 2.83. The van der Waals surface area contributed by atoms with Gasteiger partial charge in [-0.25, -0.2) is 0 Å². The molecule has 0 aliphatic carbocycles. The lowest BCUT2D eigenvalue weighted by Gasteiger charge is -2.25. The first-order valence-electron chi connectivity index (χ1n) is 8.96. The van der Waals surface area contributed by atoms with E-state index in [1.54, 1.807) is 0 Å². The van der Waals surface area contributed by atoms with Crippen molar-refractivity contribution in [2.24, 2.45) is 17.6 Å². The molecule has 1 aromatic rings. The van der Waals surface area contributed by atoms with E-state index in [-0.39, 0.29) is 17.9 Å². The van der Waals surface area contributed by atoms with Gasteiger partial charge in [-0.1, -0.05) is 32.9 Å². The van der Waals surface area contributed by atoms with Crippen molar-refractivity contribution in [2.75, 3.05) is 13.2 Å². The zero-order valence-corrected chi connectivity index (χ0v) is 15.0. The fourth-order valence-electron chi connectivity index (χ4n) is 3.06. The van der Waals surface area contributed by atoms with Gasteiger partial charge in [0.25, 0.3) is 0 Å². The third-order valence-corrected chi connectivity index (χ3v) is 4.76. The van der Waals surface area contributed by atoms with Crippen LogP contribution >= 0.6 is 0 Å². The zero-order valence-electron chi connectivity index (χ0n) is 15.0. The summed E-state index contributed by atoms with van der Waals surface area (Å²) in [4.78, 5) is 22.5. The van der Waals surface area contributed by atoms with Crippen LogP contribution < -0.4 is 15.9 Å². The molecule has 1 aliphatic rings. The van der Waals surface area contributed by atoms with Crippen molar-refractivity contribution in [3.05, 3.63) is 29.3 Å². The summed E-state index contributed by atoms with van der Waals surface area (Å²) in [6.07, 6.45) is 3.77. The highest BCUT2D eigenvalue weighted by Crippen LogP contribution is 2.26. The Balaban J connectivity index is 2.00. The van der Waals surface area contributed by atoms with Gasteiger partial charge in [0.05, 0.1) is 6.61 Å². The quantitative estimate of drug-likeness (QED) is 0.752. The van der Waals surface area contributed by atoms with Gasteiger partial charge in [-0.05, 0) is 48.8 Å². The van der Waals surface area contributed by atoms with E-state index < -0.39 is 0 Å². The van der Waals surface area contributed by atoms with Crippen LogP contribution in [-0.4, -0.2) is 25.1 Å². The van der Waals surface area contributed by atoms with Crippen molar-refractivity contribution in [3.8, 4) is 5.75 Å². The molecule has 134 valence electrons. The first-order chi connectivity index (χ1) is 11.5. The molecule has 1 aliphatic heterocycles. The fraction of sp³-hybridized carbons (Fsp3) is 0.632. The van der Waals surface area contributed by atoms with Crippen LogP contribution in [0.25, 0.3) is 0 Å². The lowest BCUT2D eigenvalue weighted by atomic mass is 9.90. The minimum atomic E-state index is -0.143. The number of fused-ring (bicyclic) bond motifs is 1. The molecule has 0 aromatic heterocycles. The Morgan fingerprint density at radius 2 is 2.17 bits per heavy atom. The van der Waals surface area contributed by atoms with Gasteiger partial charge in [0.15, 0.2) is 5.75 Å². The van der Waals surface area contributed by atoms with E-state index in [0.29, 0.717) is 19.1 Å². The molecule has 3 N–H and O–H groups in total. The number of aryl methyl sites for hydroxylation is 1. The molecule has 0 spiro atoms. The van der Waals surface area contributed by atoms with Crippen LogP contribution in [0.15, 0.2) is 18.2 Å². The molecule has 1 amide bonds. The number of benzene rings is 1. The number of nitrogens with two attached hydrogens (primary N) is 1. The molecule has 0 saturated heterocycles. The minimum Gasteiger partial charge on any atom is -0.353 e. The maximum Gasteiger partial charge on any atom is 0.224 e. The summed E-state index contributed by atoms with van der Waals surface area (Å²) in [5, 5.41) is 3.15. The van der Waals surface area contributed by atoms with Crippen molar-refractivity contribution in [1.29, 1.82) is 0 Å². The third-order valence-electron chi connectivity index (χ3n) is 4.76. The molecule has 0 bridgehead atoms. The largest absolute Gasteiger partial charge is 0.353 e. The van der Waals surface area contributed by atoms with Crippen LogP contribution in [-0.2, 0) is 22.5 Å². The third kappa shape index (κ3) is 4.95. The molecule has 0 fully saturated rings. The molecule has 1 heterocycles. The van der Waals surface area contributed by atoms with Crippen molar-refractivity contribution in [1.82, 2.24) is 5.32 Å². The van der Waals surface area contributed by atoms with E-state index >= 15 is 0 Å². The molecule has 0 radical (unpaired) electrons. The van der Waals surface area contributed by atoms with E-state index in [4.69, 9.17) is 15.5 Å². The van der Waals surface area contributed by atoms with Gasteiger partial charge >= 0.3 is 0 Å². The Hall–Kier alpha value is -1.59. The van der Waals surface area contributed by atoms with E-state index in [2.05, 4.69) is 31.3 Å². The topological polar surface area (TPSA) is 73.6 Å². The van der Waals surface area contributed by atoms with Gasteiger partial charge in [0.2, 0.25) is 5.91 Å². The van der Waals surface area contributed by atoms with Crippen molar-refractivity contribution < 1.29 is 14.6 Å². The molecular formula is C19H30N2O3. The molecule has 2 rings (SSSR count). The summed E-state index contributed by atoms with van der Waals surface area (Å²) >= 11 is 0. The lowest BCUT2D eigenvalue weighted by molar-refractivity contribution is -0.203. The predicted octanol–water partition coefficient (Wildman–Crippen LogP) is 2.61. The van der Waals surface area contributed by atoms with Crippen LogP contribution in [0.1, 0.15) is 44.7 Å². The second kappa shape index (κ2) is 9.04. The van der Waals surface area contributed by atoms with E-state index in [9.17, 15) is 4.79 Å². The molecule has 5 heteroatoms. The summed E-state index contributed by atoms with van der Waals surface area (Å²) < 4.78 is 0. The smallest absolute Gasteiger partial charge is 0.224 e. The predicted molar refractivity (Wildman–Crippen MR) is 94.7 cm³/mol. The molecule has 3 unspecified atom stereocenters. The number of hydrogen-bond donors (Lipinski definition) is 2. The van der Waals surface area contributed by atoms with Crippen LogP contribution in [0.3, 0.4) is 0 Å². The molecular weight excluding hydrogens is 304 g/mol. The SMILES string of the molecule is CCC(NC(=O)C(C)CN)C(C)Cc1ccc2c(c1)CCCOO2. The zero-order chi connectivity index (χ0) is 17.5. The van der Waals surface area contributed by atoms with Crippen LogP contribution in [0, 0.1) is 11.8 Å². The summed E-state index contributed by atoms with van der Waals surface area (Å²) in [7, 11) is 0. The molecule has 24 heavy (non-hydrogen) atoms.